The molecule has 1 aliphatic rings. The van der Waals surface area contributed by atoms with E-state index in [1.165, 1.54) is 0 Å². The molecule has 0 saturated carbocycles. The summed E-state index contributed by atoms with van der Waals surface area (Å²) in [5.74, 6) is 1.05. The molecule has 4 heteroatoms. The van der Waals surface area contributed by atoms with Crippen molar-refractivity contribution >= 4 is 5.78 Å². The lowest BCUT2D eigenvalue weighted by atomic mass is 10.0. The molecule has 0 spiro atoms. The summed E-state index contributed by atoms with van der Waals surface area (Å²) in [4.78, 5) is 14.2. The van der Waals surface area contributed by atoms with Crippen molar-refractivity contribution in [3.8, 4) is 5.75 Å². The predicted octanol–water partition coefficient (Wildman–Crippen LogP) is 1.23. The van der Waals surface area contributed by atoms with Crippen LogP contribution < -0.4 is 10.5 Å². The second-order valence-corrected chi connectivity index (χ2v) is 5.18. The zero-order chi connectivity index (χ0) is 13.7. The Kier molecular flexibility index (Phi) is 4.93. The van der Waals surface area contributed by atoms with Crippen LogP contribution in [0, 0.1) is 0 Å². The summed E-state index contributed by atoms with van der Waals surface area (Å²) < 4.78 is 5.16. The number of ether oxygens (including phenoxy) is 1. The highest BCUT2D eigenvalue weighted by Crippen LogP contribution is 2.14. The lowest BCUT2D eigenvalue weighted by Crippen LogP contribution is -2.42. The molecule has 0 aliphatic carbocycles. The molecule has 0 amide bonds. The molecule has 1 heterocycles. The number of hydrogen-bond donors (Lipinski definition) is 1. The van der Waals surface area contributed by atoms with Crippen LogP contribution in [0.4, 0.5) is 0 Å². The molecule has 1 aromatic rings. The van der Waals surface area contributed by atoms with E-state index in [1.54, 1.807) is 7.11 Å². The third-order valence-electron chi connectivity index (χ3n) is 3.57. The summed E-state index contributed by atoms with van der Waals surface area (Å²) in [6.07, 6.45) is 2.46. The van der Waals surface area contributed by atoms with Crippen molar-refractivity contribution < 1.29 is 9.53 Å². The molecular formula is C15H22N2O2. The maximum absolute atomic E-state index is 12.0. The summed E-state index contributed by atoms with van der Waals surface area (Å²) in [7, 11) is 1.64. The van der Waals surface area contributed by atoms with Gasteiger partial charge in [0.05, 0.1) is 13.7 Å². The Bertz CT molecular complexity index is 426. The fourth-order valence-electron chi connectivity index (χ4n) is 2.43. The van der Waals surface area contributed by atoms with Gasteiger partial charge in [0.15, 0.2) is 5.78 Å². The molecule has 1 aromatic carbocycles. The van der Waals surface area contributed by atoms with Crippen molar-refractivity contribution in [2.24, 2.45) is 5.73 Å². The Labute approximate surface area is 114 Å². The van der Waals surface area contributed by atoms with Crippen molar-refractivity contribution in [1.82, 2.24) is 4.90 Å². The first-order valence-electron chi connectivity index (χ1n) is 6.80. The van der Waals surface area contributed by atoms with Crippen LogP contribution in [-0.4, -0.2) is 43.5 Å². The average molecular weight is 262 g/mol. The SMILES string of the molecule is COc1cccc(CC(=O)CN2CCC(N)CC2)c1. The lowest BCUT2D eigenvalue weighted by molar-refractivity contribution is -0.119. The number of likely N-dealkylation sites (tertiary alicyclic amines) is 1. The zero-order valence-electron chi connectivity index (χ0n) is 11.5. The maximum atomic E-state index is 12.0. The summed E-state index contributed by atoms with van der Waals surface area (Å²) in [5, 5.41) is 0. The maximum Gasteiger partial charge on any atom is 0.151 e. The Hall–Kier alpha value is -1.39. The van der Waals surface area contributed by atoms with E-state index in [1.807, 2.05) is 24.3 Å². The normalized spacial score (nSPS) is 17.4. The Balaban J connectivity index is 1.83. The largest absolute Gasteiger partial charge is 0.497 e. The summed E-state index contributed by atoms with van der Waals surface area (Å²) in [5.41, 5.74) is 6.87. The third-order valence-corrected chi connectivity index (χ3v) is 3.57. The first-order valence-corrected chi connectivity index (χ1v) is 6.80. The number of nitrogens with two attached hydrogens (primary N) is 1. The highest BCUT2D eigenvalue weighted by atomic mass is 16.5. The molecule has 2 rings (SSSR count). The minimum Gasteiger partial charge on any atom is -0.497 e. The van der Waals surface area contributed by atoms with Crippen LogP contribution in [0.5, 0.6) is 5.75 Å². The van der Waals surface area contributed by atoms with Gasteiger partial charge in [-0.15, -0.1) is 0 Å². The number of piperidine rings is 1. The molecule has 1 saturated heterocycles. The van der Waals surface area contributed by atoms with Crippen LogP contribution in [0.15, 0.2) is 24.3 Å². The molecule has 0 aromatic heterocycles. The molecule has 1 fully saturated rings. The van der Waals surface area contributed by atoms with Gasteiger partial charge in [-0.1, -0.05) is 12.1 Å². The summed E-state index contributed by atoms with van der Waals surface area (Å²) in [6, 6.07) is 8.00. The molecule has 1 aliphatic heterocycles. The number of benzene rings is 1. The van der Waals surface area contributed by atoms with Crippen LogP contribution in [0.1, 0.15) is 18.4 Å². The molecule has 0 radical (unpaired) electrons. The average Bonchev–Trinajstić information content (AvgIpc) is 2.41. The quantitative estimate of drug-likeness (QED) is 0.867. The van der Waals surface area contributed by atoms with E-state index in [2.05, 4.69) is 4.90 Å². The molecular weight excluding hydrogens is 240 g/mol. The van der Waals surface area contributed by atoms with Gasteiger partial charge < -0.3 is 10.5 Å². The van der Waals surface area contributed by atoms with Crippen molar-refractivity contribution in [3.63, 3.8) is 0 Å². The topological polar surface area (TPSA) is 55.6 Å². The van der Waals surface area contributed by atoms with Crippen LogP contribution in [0.25, 0.3) is 0 Å². The highest BCUT2D eigenvalue weighted by molar-refractivity contribution is 5.82. The fraction of sp³-hybridized carbons (Fsp3) is 0.533. The first kappa shape index (κ1) is 14.0. The second-order valence-electron chi connectivity index (χ2n) is 5.18. The van der Waals surface area contributed by atoms with Crippen molar-refractivity contribution in [3.05, 3.63) is 29.8 Å². The van der Waals surface area contributed by atoms with Gasteiger partial charge >= 0.3 is 0 Å². The van der Waals surface area contributed by atoms with Crippen molar-refractivity contribution in [1.29, 1.82) is 0 Å². The van der Waals surface area contributed by atoms with Crippen LogP contribution >= 0.6 is 0 Å². The van der Waals surface area contributed by atoms with Crippen LogP contribution in [0.2, 0.25) is 0 Å². The van der Waals surface area contributed by atoms with E-state index in [9.17, 15) is 4.79 Å². The third kappa shape index (κ3) is 4.33. The van der Waals surface area contributed by atoms with Gasteiger partial charge in [-0.05, 0) is 30.5 Å². The van der Waals surface area contributed by atoms with E-state index in [4.69, 9.17) is 10.5 Å². The van der Waals surface area contributed by atoms with Crippen LogP contribution in [-0.2, 0) is 11.2 Å². The Morgan fingerprint density at radius 3 is 2.84 bits per heavy atom. The fourth-order valence-corrected chi connectivity index (χ4v) is 2.43. The van der Waals surface area contributed by atoms with Gasteiger partial charge in [-0.25, -0.2) is 0 Å². The standard InChI is InChI=1S/C15H22N2O2/c1-19-15-4-2-3-12(10-15)9-14(18)11-17-7-5-13(16)6-8-17/h2-4,10,13H,5-9,11,16H2,1H3. The van der Waals surface area contributed by atoms with Crippen molar-refractivity contribution in [2.75, 3.05) is 26.7 Å². The first-order chi connectivity index (χ1) is 9.17. The minimum atomic E-state index is 0.253. The number of Topliss-reactive ketones (excluding diaryl/α,β-unsaturated/α-hetero) is 1. The van der Waals surface area contributed by atoms with Gasteiger partial charge in [-0.2, -0.15) is 0 Å². The Morgan fingerprint density at radius 2 is 2.16 bits per heavy atom. The number of rotatable bonds is 5. The summed E-state index contributed by atoms with van der Waals surface area (Å²) in [6.45, 7) is 2.40. The van der Waals surface area contributed by atoms with Gasteiger partial charge in [0.2, 0.25) is 0 Å². The zero-order valence-corrected chi connectivity index (χ0v) is 11.5. The molecule has 0 atom stereocenters. The lowest BCUT2D eigenvalue weighted by Gasteiger charge is -2.29. The monoisotopic (exact) mass is 262 g/mol. The van der Waals surface area contributed by atoms with Gasteiger partial charge in [0.1, 0.15) is 5.75 Å². The number of carbonyl (C=O) groups is 1. The van der Waals surface area contributed by atoms with E-state index >= 15 is 0 Å². The minimum absolute atomic E-state index is 0.253. The van der Waals surface area contributed by atoms with Gasteiger partial charge in [0.25, 0.3) is 0 Å². The number of nitrogens with zero attached hydrogens (tertiary/aromatic N) is 1. The number of ketones is 1. The summed E-state index contributed by atoms with van der Waals surface area (Å²) >= 11 is 0. The van der Waals surface area contributed by atoms with Crippen molar-refractivity contribution in [2.45, 2.75) is 25.3 Å². The molecule has 2 N–H and O–H groups in total. The molecule has 104 valence electrons. The van der Waals surface area contributed by atoms with E-state index in [0.29, 0.717) is 19.0 Å². The molecule has 19 heavy (non-hydrogen) atoms. The number of hydrogen-bond acceptors (Lipinski definition) is 4. The number of methoxy groups -OCH3 is 1. The predicted molar refractivity (Wildman–Crippen MR) is 75.4 cm³/mol. The van der Waals surface area contributed by atoms with Crippen LogP contribution in [0.3, 0.4) is 0 Å². The van der Waals surface area contributed by atoms with Gasteiger partial charge in [-0.3, -0.25) is 9.69 Å². The van der Waals surface area contributed by atoms with E-state index in [-0.39, 0.29) is 5.78 Å². The Morgan fingerprint density at radius 1 is 1.42 bits per heavy atom. The second kappa shape index (κ2) is 6.68. The van der Waals surface area contributed by atoms with Gasteiger partial charge in [0, 0.05) is 25.6 Å². The smallest absolute Gasteiger partial charge is 0.151 e. The number of carbonyl (C=O) groups excluding carboxylic acids is 1. The van der Waals surface area contributed by atoms with E-state index in [0.717, 1.165) is 37.2 Å². The highest BCUT2D eigenvalue weighted by Gasteiger charge is 2.18. The molecule has 0 bridgehead atoms. The molecule has 0 unspecified atom stereocenters. The van der Waals surface area contributed by atoms with E-state index < -0.39 is 0 Å². The molecule has 4 nitrogen and oxygen atoms in total.